The first-order chi connectivity index (χ1) is 13.2. The number of hydrogen-bond donors (Lipinski definition) is 1. The number of carbonyl (C=O) groups is 1. The molecule has 2 aliphatic rings. The second kappa shape index (κ2) is 7.46. The van der Waals surface area contributed by atoms with Gasteiger partial charge in [0.25, 0.3) is 11.6 Å². The number of fused-ring (bicyclic) bond motifs is 1. The van der Waals surface area contributed by atoms with Crippen molar-refractivity contribution in [3.8, 4) is 0 Å². The molecule has 0 aromatic carbocycles. The molecular weight excluding hydrogens is 396 g/mol. The Bertz CT molecular complexity index is 981. The number of pyridine rings is 1. The van der Waals surface area contributed by atoms with E-state index in [0.717, 1.165) is 43.4 Å². The standard InChI is InChI=1S/C20H22N4O2S.ClH/c1-13-16-8-15(10-22-18(16)26-23-13)19(25)24(11-14-2-7-27-12-14)17-9-20(17)3-5-21-6-4-20;/h2,7-8,10,12,17,21H,3-6,9,11H2,1H3;1H. The summed E-state index contributed by atoms with van der Waals surface area (Å²) in [4.78, 5) is 19.8. The van der Waals surface area contributed by atoms with E-state index in [2.05, 4.69) is 37.2 Å². The average molecular weight is 419 g/mol. The molecule has 3 aromatic rings. The molecule has 28 heavy (non-hydrogen) atoms. The van der Waals surface area contributed by atoms with E-state index in [1.807, 2.05) is 13.0 Å². The van der Waals surface area contributed by atoms with Gasteiger partial charge in [-0.15, -0.1) is 12.4 Å². The second-order valence-electron chi connectivity index (χ2n) is 7.74. The first kappa shape index (κ1) is 19.4. The molecular formula is C20H23ClN4O2S. The summed E-state index contributed by atoms with van der Waals surface area (Å²) in [7, 11) is 0. The molecule has 1 unspecified atom stereocenters. The predicted octanol–water partition coefficient (Wildman–Crippen LogP) is 3.80. The van der Waals surface area contributed by atoms with Crippen LogP contribution in [0.25, 0.3) is 11.1 Å². The minimum Gasteiger partial charge on any atom is -0.336 e. The number of piperidine rings is 1. The van der Waals surface area contributed by atoms with Crippen LogP contribution < -0.4 is 5.32 Å². The lowest BCUT2D eigenvalue weighted by atomic mass is 9.93. The average Bonchev–Trinajstić information content (AvgIpc) is 3.04. The van der Waals surface area contributed by atoms with Crippen LogP contribution in [0.5, 0.6) is 0 Å². The van der Waals surface area contributed by atoms with Gasteiger partial charge >= 0.3 is 0 Å². The molecule has 2 fully saturated rings. The normalized spacial score (nSPS) is 20.1. The lowest BCUT2D eigenvalue weighted by Crippen LogP contribution is -2.39. The van der Waals surface area contributed by atoms with E-state index in [1.165, 1.54) is 5.56 Å². The fourth-order valence-corrected chi connectivity index (χ4v) is 5.02. The van der Waals surface area contributed by atoms with Gasteiger partial charge in [-0.3, -0.25) is 4.79 Å². The van der Waals surface area contributed by atoms with Crippen LogP contribution in [-0.2, 0) is 6.54 Å². The molecule has 0 radical (unpaired) electrons. The smallest absolute Gasteiger partial charge is 0.257 e. The summed E-state index contributed by atoms with van der Waals surface area (Å²) >= 11 is 1.67. The molecule has 1 N–H and O–H groups in total. The highest BCUT2D eigenvalue weighted by atomic mass is 35.5. The summed E-state index contributed by atoms with van der Waals surface area (Å²) in [5.74, 6) is 0.0524. The topological polar surface area (TPSA) is 71.3 Å². The number of hydrogen-bond acceptors (Lipinski definition) is 6. The number of amides is 1. The Balaban J connectivity index is 0.00000192. The van der Waals surface area contributed by atoms with Gasteiger partial charge in [-0.2, -0.15) is 11.3 Å². The van der Waals surface area contributed by atoms with Gasteiger partial charge in [-0.05, 0) is 73.1 Å². The molecule has 148 valence electrons. The number of aromatic nitrogens is 2. The number of carbonyl (C=O) groups excluding carboxylic acids is 1. The molecule has 1 atom stereocenters. The minimum atomic E-state index is 0. The van der Waals surface area contributed by atoms with Crippen LogP contribution in [0.4, 0.5) is 0 Å². The van der Waals surface area contributed by atoms with Crippen molar-refractivity contribution in [2.75, 3.05) is 13.1 Å². The Morgan fingerprint density at radius 2 is 2.25 bits per heavy atom. The van der Waals surface area contributed by atoms with Gasteiger partial charge < -0.3 is 14.7 Å². The van der Waals surface area contributed by atoms with Crippen molar-refractivity contribution >= 4 is 40.8 Å². The lowest BCUT2D eigenvalue weighted by Gasteiger charge is -2.29. The van der Waals surface area contributed by atoms with E-state index >= 15 is 0 Å². The summed E-state index contributed by atoms with van der Waals surface area (Å²) in [5.41, 5.74) is 3.34. The Morgan fingerprint density at radius 3 is 3.00 bits per heavy atom. The van der Waals surface area contributed by atoms with Gasteiger partial charge in [0, 0.05) is 18.8 Å². The Kier molecular flexibility index (Phi) is 5.16. The molecule has 0 bridgehead atoms. The molecule has 1 aliphatic heterocycles. The fourth-order valence-electron chi connectivity index (χ4n) is 4.36. The van der Waals surface area contributed by atoms with Crippen molar-refractivity contribution in [2.45, 2.75) is 38.8 Å². The number of thiophene rings is 1. The summed E-state index contributed by atoms with van der Waals surface area (Å²) in [6, 6.07) is 4.29. The van der Waals surface area contributed by atoms with Crippen LogP contribution >= 0.6 is 23.7 Å². The van der Waals surface area contributed by atoms with E-state index in [0.29, 0.717) is 29.3 Å². The summed E-state index contributed by atoms with van der Waals surface area (Å²) in [6.45, 7) is 4.62. The molecule has 5 rings (SSSR count). The molecule has 3 aromatic heterocycles. The number of aryl methyl sites for hydroxylation is 1. The highest BCUT2D eigenvalue weighted by Gasteiger charge is 2.57. The number of nitrogens with zero attached hydrogens (tertiary/aromatic N) is 3. The van der Waals surface area contributed by atoms with Gasteiger partial charge in [0.2, 0.25) is 0 Å². The Labute approximate surface area is 173 Å². The Hall–Kier alpha value is -1.96. The van der Waals surface area contributed by atoms with Crippen LogP contribution in [0.1, 0.15) is 40.9 Å². The van der Waals surface area contributed by atoms with Crippen LogP contribution in [-0.4, -0.2) is 40.1 Å². The molecule has 1 saturated carbocycles. The zero-order valence-electron chi connectivity index (χ0n) is 15.7. The van der Waals surface area contributed by atoms with Crippen LogP contribution in [0.15, 0.2) is 33.6 Å². The first-order valence-electron chi connectivity index (χ1n) is 9.41. The number of rotatable bonds is 4. The quantitative estimate of drug-likeness (QED) is 0.697. The highest BCUT2D eigenvalue weighted by molar-refractivity contribution is 7.07. The monoisotopic (exact) mass is 418 g/mol. The van der Waals surface area contributed by atoms with Gasteiger partial charge in [0.05, 0.1) is 16.6 Å². The Morgan fingerprint density at radius 1 is 1.43 bits per heavy atom. The molecule has 1 spiro atoms. The molecule has 1 aliphatic carbocycles. The molecule has 1 amide bonds. The third-order valence-corrected chi connectivity index (χ3v) is 6.81. The first-order valence-corrected chi connectivity index (χ1v) is 10.4. The molecule has 8 heteroatoms. The van der Waals surface area contributed by atoms with Crippen molar-refractivity contribution in [2.24, 2.45) is 5.41 Å². The largest absolute Gasteiger partial charge is 0.336 e. The van der Waals surface area contributed by atoms with Crippen molar-refractivity contribution in [3.63, 3.8) is 0 Å². The lowest BCUT2D eigenvalue weighted by molar-refractivity contribution is 0.0692. The number of nitrogens with one attached hydrogen (secondary N) is 1. The van der Waals surface area contributed by atoms with Crippen molar-refractivity contribution in [1.82, 2.24) is 20.4 Å². The third-order valence-electron chi connectivity index (χ3n) is 6.07. The van der Waals surface area contributed by atoms with Gasteiger partial charge in [0.1, 0.15) is 0 Å². The van der Waals surface area contributed by atoms with E-state index < -0.39 is 0 Å². The van der Waals surface area contributed by atoms with E-state index in [1.54, 1.807) is 17.5 Å². The predicted molar refractivity (Wildman–Crippen MR) is 111 cm³/mol. The van der Waals surface area contributed by atoms with Crippen LogP contribution in [0.3, 0.4) is 0 Å². The maximum Gasteiger partial charge on any atom is 0.257 e. The molecule has 1 saturated heterocycles. The number of halogens is 1. The second-order valence-corrected chi connectivity index (χ2v) is 8.52. The SMILES string of the molecule is Cc1noc2ncc(C(=O)N(Cc3ccsc3)C3CC34CCNCC4)cc12.Cl. The maximum atomic E-state index is 13.5. The fraction of sp³-hybridized carbons (Fsp3) is 0.450. The maximum absolute atomic E-state index is 13.5. The minimum absolute atomic E-state index is 0. The summed E-state index contributed by atoms with van der Waals surface area (Å²) < 4.78 is 5.19. The zero-order chi connectivity index (χ0) is 18.4. The molecule has 4 heterocycles. The van der Waals surface area contributed by atoms with Crippen molar-refractivity contribution in [3.05, 3.63) is 45.9 Å². The highest BCUT2D eigenvalue weighted by Crippen LogP contribution is 2.56. The van der Waals surface area contributed by atoms with E-state index in [4.69, 9.17) is 4.52 Å². The van der Waals surface area contributed by atoms with Gasteiger partial charge in [-0.1, -0.05) is 5.16 Å². The molecule has 6 nitrogen and oxygen atoms in total. The summed E-state index contributed by atoms with van der Waals surface area (Å²) in [6.07, 6.45) is 5.01. The van der Waals surface area contributed by atoms with E-state index in [9.17, 15) is 4.79 Å². The van der Waals surface area contributed by atoms with Crippen molar-refractivity contribution < 1.29 is 9.32 Å². The zero-order valence-corrected chi connectivity index (χ0v) is 17.3. The van der Waals surface area contributed by atoms with Crippen LogP contribution in [0, 0.1) is 12.3 Å². The van der Waals surface area contributed by atoms with Crippen LogP contribution in [0.2, 0.25) is 0 Å². The summed E-state index contributed by atoms with van der Waals surface area (Å²) in [5, 5.41) is 12.4. The van der Waals surface area contributed by atoms with Gasteiger partial charge in [-0.25, -0.2) is 4.98 Å². The van der Waals surface area contributed by atoms with Crippen molar-refractivity contribution in [1.29, 1.82) is 0 Å². The third kappa shape index (κ3) is 3.32. The van der Waals surface area contributed by atoms with E-state index in [-0.39, 0.29) is 18.3 Å². The van der Waals surface area contributed by atoms with Gasteiger partial charge in [0.15, 0.2) is 0 Å².